The van der Waals surface area contributed by atoms with E-state index in [9.17, 15) is 65.8 Å². The van der Waals surface area contributed by atoms with Crippen LogP contribution in [0.4, 0.5) is 0 Å². The summed E-state index contributed by atoms with van der Waals surface area (Å²) in [5.74, 6) is -1.40. The van der Waals surface area contributed by atoms with Crippen molar-refractivity contribution in [2.75, 3.05) is 19.8 Å². The Labute approximate surface area is 285 Å². The Hall–Kier alpha value is -1.78. The lowest BCUT2D eigenvalue weighted by Crippen LogP contribution is -2.70. The van der Waals surface area contributed by atoms with Gasteiger partial charge in [0, 0.05) is 13.8 Å². The average molecular weight is 733 g/mol. The van der Waals surface area contributed by atoms with Gasteiger partial charge in [-0.2, -0.15) is 0 Å². The first-order valence-electron chi connectivity index (χ1n) is 15.9. The van der Waals surface area contributed by atoms with Gasteiger partial charge in [-0.3, -0.25) is 9.59 Å². The summed E-state index contributed by atoms with van der Waals surface area (Å²) in [6.45, 7) is 0.904. The van der Waals surface area contributed by atoms with Gasteiger partial charge in [0.1, 0.15) is 91.4 Å². The van der Waals surface area contributed by atoms with E-state index in [0.29, 0.717) is 0 Å². The van der Waals surface area contributed by atoms with Crippen molar-refractivity contribution in [3.8, 4) is 0 Å². The van der Waals surface area contributed by atoms with E-state index in [-0.39, 0.29) is 0 Å². The van der Waals surface area contributed by atoms with Gasteiger partial charge in [0.15, 0.2) is 25.2 Å². The molecule has 2 amide bonds. The van der Waals surface area contributed by atoms with Crippen molar-refractivity contribution in [3.05, 3.63) is 0 Å². The lowest BCUT2D eigenvalue weighted by Gasteiger charge is -2.51. The van der Waals surface area contributed by atoms with E-state index in [1.807, 2.05) is 0 Å². The molecule has 0 radical (unpaired) electrons. The smallest absolute Gasteiger partial charge is 0.217 e. The third-order valence-electron chi connectivity index (χ3n) is 8.97. The summed E-state index contributed by atoms with van der Waals surface area (Å²) in [6, 6.07) is -3.05. The highest BCUT2D eigenvalue weighted by Gasteiger charge is 2.56. The predicted octanol–water partition coefficient (Wildman–Crippen LogP) is -8.43. The van der Waals surface area contributed by atoms with Crippen LogP contribution in [0.15, 0.2) is 0 Å². The molecule has 0 aromatic carbocycles. The molecule has 0 aliphatic carbocycles. The lowest BCUT2D eigenvalue weighted by atomic mass is 9.94. The van der Waals surface area contributed by atoms with Crippen LogP contribution in [0.5, 0.6) is 0 Å². The summed E-state index contributed by atoms with van der Waals surface area (Å²) < 4.78 is 40.3. The lowest BCUT2D eigenvalue weighted by molar-refractivity contribution is -0.398. The van der Waals surface area contributed by atoms with Crippen LogP contribution in [0.25, 0.3) is 0 Å². The molecule has 4 fully saturated rings. The Kier molecular flexibility index (Phi) is 14.2. The van der Waals surface area contributed by atoms with E-state index in [2.05, 4.69) is 10.6 Å². The first-order chi connectivity index (χ1) is 23.5. The molecular weight excluding hydrogens is 684 g/mol. The van der Waals surface area contributed by atoms with Crippen LogP contribution in [0.3, 0.4) is 0 Å². The zero-order chi connectivity index (χ0) is 37.2. The van der Waals surface area contributed by atoms with Crippen LogP contribution in [0, 0.1) is 0 Å². The first kappa shape index (κ1) is 41.0. The van der Waals surface area contributed by atoms with E-state index in [1.165, 1.54) is 6.92 Å². The molecule has 0 aromatic rings. The molecule has 4 aliphatic heterocycles. The molecule has 22 nitrogen and oxygen atoms in total. The number of amides is 2. The van der Waals surface area contributed by atoms with Crippen LogP contribution in [-0.2, 0) is 42.7 Å². The van der Waals surface area contributed by atoms with Crippen molar-refractivity contribution in [2.45, 2.75) is 143 Å². The Morgan fingerprint density at radius 3 is 1.62 bits per heavy atom. The highest BCUT2D eigenvalue weighted by atomic mass is 16.8. The van der Waals surface area contributed by atoms with Crippen molar-refractivity contribution < 1.29 is 98.9 Å². The summed E-state index contributed by atoms with van der Waals surface area (Å²) in [4.78, 5) is 23.9. The number of aliphatic hydroxyl groups excluding tert-OH is 11. The van der Waals surface area contributed by atoms with Crippen LogP contribution < -0.4 is 10.6 Å². The van der Waals surface area contributed by atoms with Gasteiger partial charge >= 0.3 is 0 Å². The largest absolute Gasteiger partial charge is 0.394 e. The third-order valence-corrected chi connectivity index (χ3v) is 8.97. The van der Waals surface area contributed by atoms with Crippen LogP contribution in [-0.4, -0.2) is 211 Å². The molecule has 50 heavy (non-hydrogen) atoms. The highest BCUT2D eigenvalue weighted by Crippen LogP contribution is 2.36. The number of rotatable bonds is 11. The maximum Gasteiger partial charge on any atom is 0.217 e. The molecule has 4 aliphatic rings. The van der Waals surface area contributed by atoms with E-state index in [4.69, 9.17) is 33.2 Å². The van der Waals surface area contributed by atoms with Gasteiger partial charge in [-0.15, -0.1) is 0 Å². The SMILES string of the molecule is CC(=O)N[C@@H]1[C@@H](O)[C@H](O[C@@H]2O[C@H](CO)[C@H](O)[C@H](O[C@H]3O[C@H](CO)[C@H](O)[C@H](O)[C@H]3NC(C)=O)[C@H]2O[C@H]2O[C@H](C)[C@H](O)[C@H](O)[C@H]2O)[C@@H](CO)O[C@H]1O. The Bertz CT molecular complexity index is 1130. The normalized spacial score (nSPS) is 48.5. The Balaban J connectivity index is 1.75. The molecule has 13 N–H and O–H groups in total. The van der Waals surface area contributed by atoms with Gasteiger partial charge in [0.25, 0.3) is 0 Å². The van der Waals surface area contributed by atoms with Gasteiger partial charge in [-0.1, -0.05) is 0 Å². The molecule has 0 aromatic heterocycles. The summed E-state index contributed by atoms with van der Waals surface area (Å²) >= 11 is 0. The monoisotopic (exact) mass is 732 g/mol. The summed E-state index contributed by atoms with van der Waals surface area (Å²) in [7, 11) is 0. The second kappa shape index (κ2) is 17.4. The van der Waals surface area contributed by atoms with Crippen molar-refractivity contribution in [3.63, 3.8) is 0 Å². The zero-order valence-corrected chi connectivity index (χ0v) is 27.3. The van der Waals surface area contributed by atoms with Crippen molar-refractivity contribution >= 4 is 11.8 Å². The van der Waals surface area contributed by atoms with Gasteiger partial charge in [-0.25, -0.2) is 0 Å². The number of hydrogen-bond acceptors (Lipinski definition) is 20. The van der Waals surface area contributed by atoms with Crippen molar-refractivity contribution in [1.82, 2.24) is 10.6 Å². The second-order valence-electron chi connectivity index (χ2n) is 12.6. The summed E-state index contributed by atoms with van der Waals surface area (Å²) in [5.41, 5.74) is 0. The molecule has 290 valence electrons. The Morgan fingerprint density at radius 2 is 1.04 bits per heavy atom. The standard InChI is InChI=1S/C28H48N2O20/c1-7-15(36)20(41)21(42)27(44-7)50-24-23(49-26-14(30-9(3)35)18(39)16(37)10(4-31)46-26)17(38)11(5-32)47-28(24)48-22-12(6-33)45-25(43)13(19(22)40)29-8(2)34/h7,10-28,31-33,36-43H,4-6H2,1-3H3,(H,29,34)(H,30,35)/t7-,10-,11-,12-,13-,14-,15+,16+,17+,18-,19-,20+,21-,22-,23+,24-,25-,26-,27-,28+/m1/s1. The van der Waals surface area contributed by atoms with Crippen LogP contribution in [0.2, 0.25) is 0 Å². The van der Waals surface area contributed by atoms with Crippen molar-refractivity contribution in [2.24, 2.45) is 0 Å². The molecule has 4 saturated heterocycles. The maximum absolute atomic E-state index is 12.0. The highest BCUT2D eigenvalue weighted by molar-refractivity contribution is 5.73. The number of nitrogens with one attached hydrogen (secondary N) is 2. The first-order valence-corrected chi connectivity index (χ1v) is 15.9. The van der Waals surface area contributed by atoms with E-state index in [1.54, 1.807) is 0 Å². The number of ether oxygens (including phenoxy) is 7. The Morgan fingerprint density at radius 1 is 0.520 bits per heavy atom. The van der Waals surface area contributed by atoms with E-state index >= 15 is 0 Å². The molecular formula is C28H48N2O20. The maximum atomic E-state index is 12.0. The fourth-order valence-electron chi connectivity index (χ4n) is 6.27. The van der Waals surface area contributed by atoms with E-state index in [0.717, 1.165) is 13.8 Å². The second-order valence-corrected chi connectivity index (χ2v) is 12.6. The zero-order valence-electron chi connectivity index (χ0n) is 27.3. The summed E-state index contributed by atoms with van der Waals surface area (Å²) in [6.07, 6.45) is -31.0. The molecule has 4 rings (SSSR count). The fraction of sp³-hybridized carbons (Fsp3) is 0.929. The molecule has 0 spiro atoms. The fourth-order valence-corrected chi connectivity index (χ4v) is 6.27. The van der Waals surface area contributed by atoms with Crippen molar-refractivity contribution in [1.29, 1.82) is 0 Å². The number of hydrogen-bond donors (Lipinski definition) is 13. The minimum absolute atomic E-state index is 0.682. The molecule has 0 bridgehead atoms. The average Bonchev–Trinajstić information content (AvgIpc) is 3.07. The number of aliphatic hydroxyl groups is 11. The van der Waals surface area contributed by atoms with Gasteiger partial charge in [0.05, 0.1) is 25.9 Å². The van der Waals surface area contributed by atoms with Gasteiger partial charge in [-0.05, 0) is 6.92 Å². The minimum atomic E-state index is -1.95. The third kappa shape index (κ3) is 8.70. The summed E-state index contributed by atoms with van der Waals surface area (Å²) in [5, 5.41) is 120. The molecule has 0 saturated carbocycles. The number of carbonyl (C=O) groups is 2. The van der Waals surface area contributed by atoms with E-state index < -0.39 is 154 Å². The molecule has 4 heterocycles. The number of carbonyl (C=O) groups excluding carboxylic acids is 2. The quantitative estimate of drug-likeness (QED) is 0.0938. The van der Waals surface area contributed by atoms with Crippen LogP contribution >= 0.6 is 0 Å². The minimum Gasteiger partial charge on any atom is -0.394 e. The van der Waals surface area contributed by atoms with Gasteiger partial charge in [0.2, 0.25) is 11.8 Å². The predicted molar refractivity (Wildman–Crippen MR) is 156 cm³/mol. The molecule has 22 heteroatoms. The van der Waals surface area contributed by atoms with Gasteiger partial charge < -0.3 is 100.0 Å². The topological polar surface area (TPSA) is 345 Å². The van der Waals surface area contributed by atoms with Crippen LogP contribution in [0.1, 0.15) is 20.8 Å². The molecule has 20 atom stereocenters. The molecule has 0 unspecified atom stereocenters.